The maximum atomic E-state index is 11.3. The minimum atomic E-state index is -3.65. The molecular formula is C13H22N2O3S. The molecule has 0 bridgehead atoms. The van der Waals surface area contributed by atoms with Crippen LogP contribution in [0, 0.1) is 0 Å². The highest BCUT2D eigenvalue weighted by Gasteiger charge is 2.10. The molecule has 1 aromatic rings. The van der Waals surface area contributed by atoms with Crippen LogP contribution in [-0.2, 0) is 10.0 Å². The van der Waals surface area contributed by atoms with E-state index in [4.69, 9.17) is 10.2 Å². The molecule has 0 aliphatic rings. The molecule has 1 aromatic carbocycles. The standard InChI is InChI=1S/C13H22N2O3S/c1-11(15-8-3-2-4-9-16)12-6-5-7-13(10-12)19(14,17)18/h5-7,10-11,15-16H,2-4,8-9H2,1H3,(H2,14,17,18). The average Bonchev–Trinajstić information content (AvgIpc) is 2.37. The van der Waals surface area contributed by atoms with Gasteiger partial charge in [0.05, 0.1) is 4.90 Å². The Kier molecular flexibility index (Phi) is 6.44. The van der Waals surface area contributed by atoms with Crippen molar-refractivity contribution < 1.29 is 13.5 Å². The third-order valence-electron chi connectivity index (χ3n) is 2.97. The van der Waals surface area contributed by atoms with Crippen molar-refractivity contribution in [2.45, 2.75) is 37.1 Å². The number of primary sulfonamides is 1. The van der Waals surface area contributed by atoms with E-state index in [2.05, 4.69) is 5.32 Å². The molecule has 0 saturated heterocycles. The van der Waals surface area contributed by atoms with Crippen molar-refractivity contribution in [2.75, 3.05) is 13.2 Å². The normalized spacial score (nSPS) is 13.4. The van der Waals surface area contributed by atoms with Crippen molar-refractivity contribution in [1.82, 2.24) is 5.32 Å². The fourth-order valence-corrected chi connectivity index (χ4v) is 2.38. The molecule has 5 nitrogen and oxygen atoms in total. The molecule has 6 heteroatoms. The molecule has 0 aliphatic heterocycles. The van der Waals surface area contributed by atoms with Gasteiger partial charge in [0.2, 0.25) is 10.0 Å². The van der Waals surface area contributed by atoms with Gasteiger partial charge in [-0.05, 0) is 50.4 Å². The van der Waals surface area contributed by atoms with Crippen LogP contribution in [0.2, 0.25) is 0 Å². The molecule has 0 spiro atoms. The van der Waals surface area contributed by atoms with Crippen LogP contribution < -0.4 is 10.5 Å². The number of nitrogens with two attached hydrogens (primary N) is 1. The van der Waals surface area contributed by atoms with E-state index in [1.54, 1.807) is 12.1 Å². The quantitative estimate of drug-likeness (QED) is 0.625. The highest BCUT2D eigenvalue weighted by Crippen LogP contribution is 2.16. The lowest BCUT2D eigenvalue weighted by Crippen LogP contribution is -2.20. The summed E-state index contributed by atoms with van der Waals surface area (Å²) in [7, 11) is -3.65. The lowest BCUT2D eigenvalue weighted by molar-refractivity contribution is 0.282. The Morgan fingerprint density at radius 1 is 1.32 bits per heavy atom. The van der Waals surface area contributed by atoms with Gasteiger partial charge in [0.25, 0.3) is 0 Å². The van der Waals surface area contributed by atoms with Crippen molar-refractivity contribution in [3.8, 4) is 0 Å². The molecule has 0 radical (unpaired) electrons. The highest BCUT2D eigenvalue weighted by molar-refractivity contribution is 7.89. The molecule has 19 heavy (non-hydrogen) atoms. The summed E-state index contributed by atoms with van der Waals surface area (Å²) >= 11 is 0. The van der Waals surface area contributed by atoms with Gasteiger partial charge in [-0.3, -0.25) is 0 Å². The van der Waals surface area contributed by atoms with Crippen LogP contribution in [-0.4, -0.2) is 26.7 Å². The highest BCUT2D eigenvalue weighted by atomic mass is 32.2. The van der Waals surface area contributed by atoms with E-state index in [0.717, 1.165) is 31.4 Å². The smallest absolute Gasteiger partial charge is 0.238 e. The van der Waals surface area contributed by atoms with Gasteiger partial charge < -0.3 is 10.4 Å². The summed E-state index contributed by atoms with van der Waals surface area (Å²) in [6.45, 7) is 3.04. The number of benzene rings is 1. The number of aliphatic hydroxyl groups is 1. The molecule has 0 saturated carbocycles. The third kappa shape index (κ3) is 5.69. The first kappa shape index (κ1) is 16.1. The third-order valence-corrected chi connectivity index (χ3v) is 3.88. The second kappa shape index (κ2) is 7.59. The Balaban J connectivity index is 2.55. The molecule has 1 atom stereocenters. The Hall–Kier alpha value is -0.950. The fraction of sp³-hybridized carbons (Fsp3) is 0.538. The monoisotopic (exact) mass is 286 g/mol. The van der Waals surface area contributed by atoms with E-state index in [9.17, 15) is 8.42 Å². The minimum absolute atomic E-state index is 0.0656. The summed E-state index contributed by atoms with van der Waals surface area (Å²) in [5.74, 6) is 0. The Morgan fingerprint density at radius 2 is 2.05 bits per heavy atom. The summed E-state index contributed by atoms with van der Waals surface area (Å²) in [5, 5.41) is 17.1. The Bertz CT molecular complexity index is 488. The van der Waals surface area contributed by atoms with Gasteiger partial charge >= 0.3 is 0 Å². The van der Waals surface area contributed by atoms with Crippen LogP contribution in [0.15, 0.2) is 29.2 Å². The predicted octanol–water partition coefficient (Wildman–Crippen LogP) is 1.15. The number of sulfonamides is 1. The molecular weight excluding hydrogens is 264 g/mol. The molecule has 0 heterocycles. The zero-order valence-electron chi connectivity index (χ0n) is 11.2. The first-order valence-electron chi connectivity index (χ1n) is 6.42. The summed E-state index contributed by atoms with van der Waals surface area (Å²) in [5.41, 5.74) is 0.897. The van der Waals surface area contributed by atoms with Crippen molar-refractivity contribution in [3.63, 3.8) is 0 Å². The van der Waals surface area contributed by atoms with Crippen molar-refractivity contribution in [1.29, 1.82) is 0 Å². The molecule has 0 amide bonds. The first-order chi connectivity index (χ1) is 8.95. The van der Waals surface area contributed by atoms with Crippen LogP contribution in [0.1, 0.15) is 37.8 Å². The SMILES string of the molecule is CC(NCCCCCO)c1cccc(S(N)(=O)=O)c1. The summed E-state index contributed by atoms with van der Waals surface area (Å²) in [4.78, 5) is 0.138. The number of hydrogen-bond acceptors (Lipinski definition) is 4. The minimum Gasteiger partial charge on any atom is -0.396 e. The summed E-state index contributed by atoms with van der Waals surface area (Å²) in [6, 6.07) is 6.72. The van der Waals surface area contributed by atoms with E-state index >= 15 is 0 Å². The van der Waals surface area contributed by atoms with Crippen LogP contribution in [0.3, 0.4) is 0 Å². The topological polar surface area (TPSA) is 92.4 Å². The van der Waals surface area contributed by atoms with Gasteiger partial charge in [-0.2, -0.15) is 0 Å². The number of unbranched alkanes of at least 4 members (excludes halogenated alkanes) is 2. The lowest BCUT2D eigenvalue weighted by Gasteiger charge is -2.14. The lowest BCUT2D eigenvalue weighted by atomic mass is 10.1. The summed E-state index contributed by atoms with van der Waals surface area (Å²) in [6.07, 6.45) is 2.78. The molecule has 0 fully saturated rings. The first-order valence-corrected chi connectivity index (χ1v) is 7.97. The second-order valence-corrected chi connectivity index (χ2v) is 6.14. The van der Waals surface area contributed by atoms with Crippen LogP contribution in [0.5, 0.6) is 0 Å². The molecule has 4 N–H and O–H groups in total. The maximum Gasteiger partial charge on any atom is 0.238 e. The van der Waals surface area contributed by atoms with E-state index in [1.807, 2.05) is 13.0 Å². The largest absolute Gasteiger partial charge is 0.396 e. The molecule has 1 unspecified atom stereocenters. The molecule has 0 aliphatic carbocycles. The molecule has 0 aromatic heterocycles. The van der Waals surface area contributed by atoms with Gasteiger partial charge in [-0.1, -0.05) is 12.1 Å². The van der Waals surface area contributed by atoms with Gasteiger partial charge in [-0.15, -0.1) is 0 Å². The van der Waals surface area contributed by atoms with Crippen molar-refractivity contribution in [2.24, 2.45) is 5.14 Å². The maximum absolute atomic E-state index is 11.3. The van der Waals surface area contributed by atoms with Gasteiger partial charge in [-0.25, -0.2) is 13.6 Å². The number of nitrogens with one attached hydrogen (secondary N) is 1. The van der Waals surface area contributed by atoms with Gasteiger partial charge in [0.15, 0.2) is 0 Å². The van der Waals surface area contributed by atoms with E-state index in [1.165, 1.54) is 6.07 Å². The zero-order valence-corrected chi connectivity index (χ0v) is 12.0. The van der Waals surface area contributed by atoms with Crippen LogP contribution in [0.4, 0.5) is 0 Å². The molecule has 1 rings (SSSR count). The van der Waals surface area contributed by atoms with Crippen LogP contribution in [0.25, 0.3) is 0 Å². The predicted molar refractivity (Wildman–Crippen MR) is 75.2 cm³/mol. The Labute approximate surface area is 114 Å². The Morgan fingerprint density at radius 3 is 2.68 bits per heavy atom. The van der Waals surface area contributed by atoms with Crippen LogP contribution >= 0.6 is 0 Å². The number of aliphatic hydroxyl groups excluding tert-OH is 1. The number of rotatable bonds is 8. The van der Waals surface area contributed by atoms with E-state index in [-0.39, 0.29) is 17.5 Å². The summed E-state index contributed by atoms with van der Waals surface area (Å²) < 4.78 is 22.5. The molecule has 108 valence electrons. The fourth-order valence-electron chi connectivity index (χ4n) is 1.81. The van der Waals surface area contributed by atoms with E-state index < -0.39 is 10.0 Å². The van der Waals surface area contributed by atoms with E-state index in [0.29, 0.717) is 0 Å². The van der Waals surface area contributed by atoms with Gasteiger partial charge in [0.1, 0.15) is 0 Å². The van der Waals surface area contributed by atoms with Crippen molar-refractivity contribution >= 4 is 10.0 Å². The zero-order chi connectivity index (χ0) is 14.3. The van der Waals surface area contributed by atoms with Crippen molar-refractivity contribution in [3.05, 3.63) is 29.8 Å². The average molecular weight is 286 g/mol. The van der Waals surface area contributed by atoms with Gasteiger partial charge in [0, 0.05) is 12.6 Å². The number of hydrogen-bond donors (Lipinski definition) is 3. The second-order valence-electron chi connectivity index (χ2n) is 4.58.